The molecule has 1 aromatic carbocycles. The molecule has 2 N–H and O–H groups in total. The molecule has 0 spiro atoms. The number of carboxylic acids is 2. The van der Waals surface area contributed by atoms with E-state index in [0.717, 1.165) is 12.1 Å². The van der Waals surface area contributed by atoms with Crippen LogP contribution in [0.4, 0.5) is 0 Å². The van der Waals surface area contributed by atoms with E-state index in [4.69, 9.17) is 9.66 Å². The second kappa shape index (κ2) is 5.33. The van der Waals surface area contributed by atoms with Crippen LogP contribution in [0.15, 0.2) is 23.1 Å². The molecule has 0 bridgehead atoms. The van der Waals surface area contributed by atoms with E-state index in [1.807, 2.05) is 0 Å². The standard InChI is InChI=1S/C8H6O7S.Li/c9-7(10)4-1-2-5(8(11)12)6(3-4)16(13,14)15;/h1-3H,(H,9,10)(H,11,12)(H,13,14,15);/q;+1/p-1. The first-order chi connectivity index (χ1) is 7.23. The summed E-state index contributed by atoms with van der Waals surface area (Å²) in [5, 5.41) is 19.1. The smallest absolute Gasteiger partial charge is 0.545 e. The van der Waals surface area contributed by atoms with Gasteiger partial charge < -0.3 is 15.0 Å². The number of carbonyl (C=O) groups is 2. The third-order valence-electron chi connectivity index (χ3n) is 1.73. The fourth-order valence-electron chi connectivity index (χ4n) is 1.04. The van der Waals surface area contributed by atoms with Crippen molar-refractivity contribution in [3.05, 3.63) is 29.3 Å². The summed E-state index contributed by atoms with van der Waals surface area (Å²) < 4.78 is 30.3. The maximum absolute atomic E-state index is 10.8. The Hall–Kier alpha value is -1.33. The summed E-state index contributed by atoms with van der Waals surface area (Å²) in [4.78, 5) is 20.0. The molecule has 0 heterocycles. The van der Waals surface area contributed by atoms with Gasteiger partial charge in [-0.1, -0.05) is 6.07 Å². The molecule has 0 fully saturated rings. The molecule has 0 atom stereocenters. The van der Waals surface area contributed by atoms with Gasteiger partial charge in [-0.25, -0.2) is 4.79 Å². The molecule has 86 valence electrons. The van der Waals surface area contributed by atoms with Crippen LogP contribution in [0, 0.1) is 0 Å². The molecule has 0 aliphatic heterocycles. The van der Waals surface area contributed by atoms with E-state index in [1.54, 1.807) is 0 Å². The summed E-state index contributed by atoms with van der Waals surface area (Å²) in [7, 11) is -4.82. The monoisotopic (exact) mass is 252 g/mol. The van der Waals surface area contributed by atoms with Crippen molar-refractivity contribution in [2.45, 2.75) is 4.90 Å². The van der Waals surface area contributed by atoms with Gasteiger partial charge in [0, 0.05) is 5.56 Å². The van der Waals surface area contributed by atoms with Gasteiger partial charge in [0.2, 0.25) is 0 Å². The molecule has 0 aliphatic rings. The van der Waals surface area contributed by atoms with Crippen molar-refractivity contribution in [1.29, 1.82) is 0 Å². The Bertz CT molecular complexity index is 563. The van der Waals surface area contributed by atoms with Crippen LogP contribution in [0.3, 0.4) is 0 Å². The Kier molecular flexibility index (Phi) is 4.91. The quantitative estimate of drug-likeness (QED) is 0.413. The van der Waals surface area contributed by atoms with Crippen LogP contribution < -0.4 is 24.0 Å². The van der Waals surface area contributed by atoms with Crippen LogP contribution in [0.5, 0.6) is 0 Å². The predicted molar refractivity (Wildman–Crippen MR) is 47.5 cm³/mol. The van der Waals surface area contributed by atoms with E-state index < -0.39 is 38.1 Å². The first kappa shape index (κ1) is 15.7. The first-order valence-electron chi connectivity index (χ1n) is 3.79. The average Bonchev–Trinajstić information content (AvgIpc) is 2.15. The second-order valence-electron chi connectivity index (χ2n) is 2.78. The van der Waals surface area contributed by atoms with Gasteiger partial charge in [0.05, 0.1) is 11.5 Å². The summed E-state index contributed by atoms with van der Waals surface area (Å²) in [5.41, 5.74) is -1.26. The molecule has 0 unspecified atom stereocenters. The third-order valence-corrected chi connectivity index (χ3v) is 2.62. The number of carboxylic acid groups (broad SMARTS) is 2. The van der Waals surface area contributed by atoms with E-state index >= 15 is 0 Å². The van der Waals surface area contributed by atoms with Crippen molar-refractivity contribution in [1.82, 2.24) is 0 Å². The van der Waals surface area contributed by atoms with Gasteiger partial charge in [-0.05, 0) is 12.1 Å². The van der Waals surface area contributed by atoms with Crippen LogP contribution in [-0.4, -0.2) is 30.0 Å². The van der Waals surface area contributed by atoms with Crippen molar-refractivity contribution in [2.75, 3.05) is 0 Å². The van der Waals surface area contributed by atoms with Gasteiger partial charge in [-0.15, -0.1) is 0 Å². The molecule has 0 aliphatic carbocycles. The number of hydrogen-bond donors (Lipinski definition) is 2. The number of aromatic carboxylic acids is 2. The second-order valence-corrected chi connectivity index (χ2v) is 4.17. The number of hydrogen-bond acceptors (Lipinski definition) is 5. The Labute approximate surface area is 108 Å². The zero-order valence-corrected chi connectivity index (χ0v) is 9.39. The third kappa shape index (κ3) is 3.57. The SMILES string of the molecule is O=C(O)c1ccc(C(=O)[O-])c(S(=O)(=O)O)c1.[Li+]. The van der Waals surface area contributed by atoms with Crippen LogP contribution in [0.2, 0.25) is 0 Å². The Morgan fingerprint density at radius 2 is 1.76 bits per heavy atom. The predicted octanol–water partition coefficient (Wildman–Crippen LogP) is -4.00. The molecule has 7 nitrogen and oxygen atoms in total. The van der Waals surface area contributed by atoms with E-state index in [2.05, 4.69) is 0 Å². The molecule has 9 heteroatoms. The molecular formula is C8H5LiO7S. The van der Waals surface area contributed by atoms with E-state index in [-0.39, 0.29) is 18.9 Å². The Morgan fingerprint density at radius 3 is 2.12 bits per heavy atom. The average molecular weight is 252 g/mol. The van der Waals surface area contributed by atoms with E-state index in [0.29, 0.717) is 6.07 Å². The van der Waals surface area contributed by atoms with Crippen LogP contribution in [0.1, 0.15) is 20.7 Å². The molecule has 0 saturated carbocycles. The summed E-state index contributed by atoms with van der Waals surface area (Å²) >= 11 is 0. The molecule has 0 aromatic heterocycles. The summed E-state index contributed by atoms with van der Waals surface area (Å²) in [6.07, 6.45) is 0. The van der Waals surface area contributed by atoms with E-state index in [1.165, 1.54) is 0 Å². The Balaban J connectivity index is 0.00000256. The fraction of sp³-hybridized carbons (Fsp3) is 0. The molecule has 0 radical (unpaired) electrons. The van der Waals surface area contributed by atoms with Gasteiger partial charge in [-0.2, -0.15) is 8.42 Å². The fourth-order valence-corrected chi connectivity index (χ4v) is 1.74. The van der Waals surface area contributed by atoms with Crippen LogP contribution >= 0.6 is 0 Å². The van der Waals surface area contributed by atoms with Crippen molar-refractivity contribution < 1.29 is 51.6 Å². The molecule has 0 saturated heterocycles. The van der Waals surface area contributed by atoms with Crippen LogP contribution in [0.25, 0.3) is 0 Å². The molecular weight excluding hydrogens is 247 g/mol. The minimum Gasteiger partial charge on any atom is -0.545 e. The number of benzene rings is 1. The minimum atomic E-state index is -4.82. The van der Waals surface area contributed by atoms with Crippen molar-refractivity contribution >= 4 is 22.1 Å². The maximum Gasteiger partial charge on any atom is 1.00 e. The van der Waals surface area contributed by atoms with Crippen molar-refractivity contribution in [2.24, 2.45) is 0 Å². The van der Waals surface area contributed by atoms with Gasteiger partial charge in [0.25, 0.3) is 10.1 Å². The zero-order chi connectivity index (χ0) is 12.5. The zero-order valence-electron chi connectivity index (χ0n) is 8.58. The van der Waals surface area contributed by atoms with Gasteiger partial charge in [-0.3, -0.25) is 4.55 Å². The topological polar surface area (TPSA) is 132 Å². The molecule has 1 rings (SSSR count). The summed E-state index contributed by atoms with van der Waals surface area (Å²) in [5.74, 6) is -3.28. The summed E-state index contributed by atoms with van der Waals surface area (Å²) in [6.45, 7) is 0. The van der Waals surface area contributed by atoms with Gasteiger partial charge in [0.15, 0.2) is 0 Å². The number of carbonyl (C=O) groups excluding carboxylic acids is 1. The summed E-state index contributed by atoms with van der Waals surface area (Å²) in [6, 6.07) is 2.17. The molecule has 17 heavy (non-hydrogen) atoms. The Morgan fingerprint density at radius 1 is 1.24 bits per heavy atom. The van der Waals surface area contributed by atoms with E-state index in [9.17, 15) is 23.1 Å². The van der Waals surface area contributed by atoms with Crippen LogP contribution in [-0.2, 0) is 10.1 Å². The largest absolute Gasteiger partial charge is 1.00 e. The first-order valence-corrected chi connectivity index (χ1v) is 5.23. The molecule has 1 aromatic rings. The van der Waals surface area contributed by atoms with Gasteiger partial charge in [0.1, 0.15) is 4.90 Å². The number of rotatable bonds is 3. The molecule has 0 amide bonds. The normalized spacial score (nSPS) is 10.4. The van der Waals surface area contributed by atoms with Crippen molar-refractivity contribution in [3.63, 3.8) is 0 Å². The minimum absolute atomic E-state index is 0. The van der Waals surface area contributed by atoms with Crippen molar-refractivity contribution in [3.8, 4) is 0 Å². The maximum atomic E-state index is 10.8. The van der Waals surface area contributed by atoms with Gasteiger partial charge >= 0.3 is 24.8 Å².